The van der Waals surface area contributed by atoms with Gasteiger partial charge in [0.2, 0.25) is 0 Å². The van der Waals surface area contributed by atoms with Crippen LogP contribution in [-0.2, 0) is 4.79 Å². The molecule has 0 heterocycles. The number of carbonyl (C=O) groups is 1. The third-order valence-corrected chi connectivity index (χ3v) is 4.39. The summed E-state index contributed by atoms with van der Waals surface area (Å²) in [5, 5.41) is 5.57. The highest BCUT2D eigenvalue weighted by Crippen LogP contribution is 2.33. The highest BCUT2D eigenvalue weighted by atomic mass is 35.5. The minimum absolute atomic E-state index is 0.263. The number of amides is 1. The van der Waals surface area contributed by atoms with Crippen LogP contribution in [0.5, 0.6) is 5.75 Å². The van der Waals surface area contributed by atoms with Crippen LogP contribution >= 0.6 is 46.4 Å². The Morgan fingerprint density at radius 2 is 1.80 bits per heavy atom. The largest absolute Gasteiger partial charge is 0.482 e. The third kappa shape index (κ3) is 5.79. The number of nitrogens with zero attached hydrogens (tertiary/aromatic N) is 1. The predicted octanol–water partition coefficient (Wildman–Crippen LogP) is 5.61. The van der Waals surface area contributed by atoms with Crippen molar-refractivity contribution >= 4 is 58.0 Å². The number of hydrazone groups is 1. The number of hydrogen-bond acceptors (Lipinski definition) is 3. The van der Waals surface area contributed by atoms with Gasteiger partial charge in [-0.15, -0.1) is 0 Å². The Balaban J connectivity index is 1.99. The van der Waals surface area contributed by atoms with E-state index in [2.05, 4.69) is 10.5 Å². The fraction of sp³-hybridized carbons (Fsp3) is 0.176. The summed E-state index contributed by atoms with van der Waals surface area (Å²) in [7, 11) is 0. The average molecular weight is 420 g/mol. The number of benzene rings is 2. The lowest BCUT2D eigenvalue weighted by atomic mass is 10.1. The summed E-state index contributed by atoms with van der Waals surface area (Å²) < 4.78 is 5.35. The first-order valence-electron chi connectivity index (χ1n) is 7.29. The van der Waals surface area contributed by atoms with E-state index < -0.39 is 5.91 Å². The molecule has 0 fully saturated rings. The molecule has 4 nitrogen and oxygen atoms in total. The quantitative estimate of drug-likeness (QED) is 0.375. The van der Waals surface area contributed by atoms with Gasteiger partial charge >= 0.3 is 0 Å². The van der Waals surface area contributed by atoms with Crippen LogP contribution in [0.3, 0.4) is 0 Å². The van der Waals surface area contributed by atoms with Crippen LogP contribution in [0.1, 0.15) is 18.9 Å². The van der Waals surface area contributed by atoms with Crippen molar-refractivity contribution < 1.29 is 9.53 Å². The van der Waals surface area contributed by atoms with Crippen LogP contribution in [0.25, 0.3) is 0 Å². The SMILES string of the molecule is CC/C(=N\NC(=O)COc1cc(Cl)c(Cl)cc1Cl)c1cccc(Cl)c1. The molecule has 0 atom stereocenters. The topological polar surface area (TPSA) is 50.7 Å². The molecule has 0 saturated heterocycles. The van der Waals surface area contributed by atoms with Gasteiger partial charge in [0.15, 0.2) is 6.61 Å². The molecule has 25 heavy (non-hydrogen) atoms. The van der Waals surface area contributed by atoms with Crippen LogP contribution in [-0.4, -0.2) is 18.2 Å². The molecule has 0 spiro atoms. The van der Waals surface area contributed by atoms with Gasteiger partial charge in [-0.25, -0.2) is 5.43 Å². The summed E-state index contributed by atoms with van der Waals surface area (Å²) in [6, 6.07) is 10.1. The van der Waals surface area contributed by atoms with E-state index in [4.69, 9.17) is 51.1 Å². The van der Waals surface area contributed by atoms with E-state index in [-0.39, 0.29) is 22.4 Å². The second-order valence-corrected chi connectivity index (χ2v) is 6.60. The molecule has 0 saturated carbocycles. The molecule has 2 rings (SSSR count). The first kappa shape index (κ1) is 19.9. The van der Waals surface area contributed by atoms with E-state index in [9.17, 15) is 4.79 Å². The van der Waals surface area contributed by atoms with E-state index in [0.717, 1.165) is 5.56 Å². The van der Waals surface area contributed by atoms with Gasteiger partial charge in [-0.2, -0.15) is 5.10 Å². The first-order chi connectivity index (χ1) is 11.9. The number of halogens is 4. The summed E-state index contributed by atoms with van der Waals surface area (Å²) in [5.41, 5.74) is 3.98. The van der Waals surface area contributed by atoms with E-state index in [0.29, 0.717) is 22.2 Å². The molecule has 0 bridgehead atoms. The molecule has 0 aliphatic rings. The smallest absolute Gasteiger partial charge is 0.277 e. The fourth-order valence-corrected chi connectivity index (χ4v) is 2.72. The highest BCUT2D eigenvalue weighted by molar-refractivity contribution is 6.43. The van der Waals surface area contributed by atoms with Gasteiger partial charge < -0.3 is 4.74 Å². The molecular formula is C17H14Cl4N2O2. The molecule has 132 valence electrons. The first-order valence-corrected chi connectivity index (χ1v) is 8.80. The lowest BCUT2D eigenvalue weighted by Gasteiger charge is -2.09. The van der Waals surface area contributed by atoms with Gasteiger partial charge in [-0.05, 0) is 30.2 Å². The van der Waals surface area contributed by atoms with Crippen LogP contribution in [0.4, 0.5) is 0 Å². The summed E-state index contributed by atoms with van der Waals surface area (Å²) in [4.78, 5) is 11.9. The molecule has 0 aliphatic carbocycles. The van der Waals surface area contributed by atoms with E-state index in [1.165, 1.54) is 12.1 Å². The van der Waals surface area contributed by atoms with E-state index >= 15 is 0 Å². The van der Waals surface area contributed by atoms with Gasteiger partial charge in [-0.1, -0.05) is 65.5 Å². The Hall–Kier alpha value is -1.46. The zero-order chi connectivity index (χ0) is 18.4. The maximum Gasteiger partial charge on any atom is 0.277 e. The molecule has 2 aromatic carbocycles. The predicted molar refractivity (Wildman–Crippen MR) is 103 cm³/mol. The lowest BCUT2D eigenvalue weighted by Crippen LogP contribution is -2.26. The van der Waals surface area contributed by atoms with Gasteiger partial charge in [-0.3, -0.25) is 4.79 Å². The van der Waals surface area contributed by atoms with Crippen molar-refractivity contribution in [2.45, 2.75) is 13.3 Å². The second kappa shape index (κ2) is 9.30. The summed E-state index contributed by atoms with van der Waals surface area (Å²) in [5.74, 6) is -0.170. The number of hydrogen-bond donors (Lipinski definition) is 1. The highest BCUT2D eigenvalue weighted by Gasteiger charge is 2.10. The van der Waals surface area contributed by atoms with Gasteiger partial charge in [0.25, 0.3) is 5.91 Å². The van der Waals surface area contributed by atoms with Crippen molar-refractivity contribution in [3.63, 3.8) is 0 Å². The Kier molecular flexibility index (Phi) is 7.38. The molecule has 1 N–H and O–H groups in total. The van der Waals surface area contributed by atoms with Crippen LogP contribution in [0.15, 0.2) is 41.5 Å². The van der Waals surface area contributed by atoms with E-state index in [1.54, 1.807) is 12.1 Å². The van der Waals surface area contributed by atoms with Crippen molar-refractivity contribution in [1.29, 1.82) is 0 Å². The second-order valence-electron chi connectivity index (χ2n) is 4.94. The van der Waals surface area contributed by atoms with Gasteiger partial charge in [0, 0.05) is 11.1 Å². The Bertz CT molecular complexity index is 809. The molecule has 0 aliphatic heterocycles. The van der Waals surface area contributed by atoms with Crippen molar-refractivity contribution in [1.82, 2.24) is 5.43 Å². The zero-order valence-corrected chi connectivity index (χ0v) is 16.2. The van der Waals surface area contributed by atoms with Crippen molar-refractivity contribution in [2.75, 3.05) is 6.61 Å². The minimum Gasteiger partial charge on any atom is -0.482 e. The normalized spacial score (nSPS) is 11.3. The average Bonchev–Trinajstić information content (AvgIpc) is 2.57. The lowest BCUT2D eigenvalue weighted by molar-refractivity contribution is -0.123. The number of carbonyl (C=O) groups excluding carboxylic acids is 1. The van der Waals surface area contributed by atoms with Crippen LogP contribution < -0.4 is 10.2 Å². The minimum atomic E-state index is -0.435. The van der Waals surface area contributed by atoms with Crippen molar-refractivity contribution in [2.24, 2.45) is 5.10 Å². The maximum absolute atomic E-state index is 11.9. The summed E-state index contributed by atoms with van der Waals surface area (Å²) in [6.07, 6.45) is 0.625. The summed E-state index contributed by atoms with van der Waals surface area (Å²) >= 11 is 23.7. The molecule has 0 aromatic heterocycles. The molecule has 1 amide bonds. The summed E-state index contributed by atoms with van der Waals surface area (Å²) in [6.45, 7) is 1.66. The fourth-order valence-electron chi connectivity index (χ4n) is 1.94. The molecular weight excluding hydrogens is 406 g/mol. The molecule has 2 aromatic rings. The van der Waals surface area contributed by atoms with Gasteiger partial charge in [0.05, 0.1) is 20.8 Å². The number of nitrogens with one attached hydrogen (secondary N) is 1. The van der Waals surface area contributed by atoms with E-state index in [1.807, 2.05) is 19.1 Å². The van der Waals surface area contributed by atoms with Gasteiger partial charge in [0.1, 0.15) is 5.75 Å². The van der Waals surface area contributed by atoms with Crippen molar-refractivity contribution in [3.8, 4) is 5.75 Å². The number of rotatable bonds is 6. The molecule has 0 radical (unpaired) electrons. The van der Waals surface area contributed by atoms with Crippen LogP contribution in [0.2, 0.25) is 20.1 Å². The Labute approximate surface area is 165 Å². The van der Waals surface area contributed by atoms with Crippen LogP contribution in [0, 0.1) is 0 Å². The number of ether oxygens (including phenoxy) is 1. The molecule has 0 unspecified atom stereocenters. The maximum atomic E-state index is 11.9. The Morgan fingerprint density at radius 3 is 2.48 bits per heavy atom. The zero-order valence-electron chi connectivity index (χ0n) is 13.2. The van der Waals surface area contributed by atoms with Crippen molar-refractivity contribution in [3.05, 3.63) is 62.1 Å². The standard InChI is InChI=1S/C17H14Cl4N2O2/c1-2-15(10-4-3-5-11(18)6-10)22-23-17(24)9-25-16-8-13(20)12(19)7-14(16)21/h3-8H,2,9H2,1H3,(H,23,24)/b22-15+. The molecule has 8 heteroatoms. The third-order valence-electron chi connectivity index (χ3n) is 3.14. The monoisotopic (exact) mass is 418 g/mol. The Morgan fingerprint density at radius 1 is 1.08 bits per heavy atom.